The summed E-state index contributed by atoms with van der Waals surface area (Å²) >= 11 is 0. The molecule has 1 atom stereocenters. The van der Waals surface area contributed by atoms with Gasteiger partial charge in [0.1, 0.15) is 0 Å². The molecule has 1 aromatic carbocycles. The topological polar surface area (TPSA) is 49.3 Å². The molecule has 1 saturated heterocycles. The molecule has 0 amide bonds. The number of likely N-dealkylation sites (tertiary alicyclic amines) is 1. The van der Waals surface area contributed by atoms with Crippen LogP contribution in [0, 0.1) is 5.92 Å². The van der Waals surface area contributed by atoms with Gasteiger partial charge in [-0.1, -0.05) is 6.07 Å². The predicted molar refractivity (Wildman–Crippen MR) is 127 cm³/mol. The molecule has 7 heteroatoms. The number of nitrogens with zero attached hydrogens (tertiary/aromatic N) is 3. The van der Waals surface area contributed by atoms with Crippen molar-refractivity contribution in [1.82, 2.24) is 15.1 Å². The summed E-state index contributed by atoms with van der Waals surface area (Å²) in [6.45, 7) is 7.15. The molecular formula is C21H37IN4O2. The molecule has 2 rings (SSSR count). The zero-order valence-electron chi connectivity index (χ0n) is 18.0. The minimum Gasteiger partial charge on any atom is -0.493 e. The zero-order valence-corrected chi connectivity index (χ0v) is 20.4. The molecule has 160 valence electrons. The lowest BCUT2D eigenvalue weighted by Crippen LogP contribution is -2.41. The Bertz CT molecular complexity index is 612. The molecule has 0 radical (unpaired) electrons. The normalized spacial score (nSPS) is 17.6. The first kappa shape index (κ1) is 24.8. The Morgan fingerprint density at radius 1 is 1.29 bits per heavy atom. The van der Waals surface area contributed by atoms with Gasteiger partial charge in [-0.15, -0.1) is 24.0 Å². The van der Waals surface area contributed by atoms with Gasteiger partial charge in [0.05, 0.1) is 14.2 Å². The van der Waals surface area contributed by atoms with E-state index < -0.39 is 0 Å². The number of methoxy groups -OCH3 is 2. The van der Waals surface area contributed by atoms with Gasteiger partial charge in [-0.05, 0) is 63.4 Å². The molecule has 0 saturated carbocycles. The van der Waals surface area contributed by atoms with Gasteiger partial charge in [-0.2, -0.15) is 0 Å². The largest absolute Gasteiger partial charge is 0.493 e. The molecule has 0 bridgehead atoms. The van der Waals surface area contributed by atoms with E-state index in [-0.39, 0.29) is 24.0 Å². The van der Waals surface area contributed by atoms with E-state index >= 15 is 0 Å². The van der Waals surface area contributed by atoms with Gasteiger partial charge in [-0.25, -0.2) is 0 Å². The Balaban J connectivity index is 0.00000392. The molecule has 0 aromatic heterocycles. The minimum atomic E-state index is 0. The molecule has 0 aliphatic carbocycles. The Labute approximate surface area is 187 Å². The zero-order chi connectivity index (χ0) is 19.6. The molecule has 1 heterocycles. The molecule has 1 fully saturated rings. The van der Waals surface area contributed by atoms with Gasteiger partial charge in [0, 0.05) is 33.2 Å². The van der Waals surface area contributed by atoms with Gasteiger partial charge < -0.3 is 24.6 Å². The van der Waals surface area contributed by atoms with Crippen molar-refractivity contribution in [3.05, 3.63) is 23.8 Å². The standard InChI is InChI=1S/C21H36N4O2.HI/c1-6-22-21(23-15-18-8-7-12-24(2)16-18)25(3)13-11-17-9-10-19(26-4)20(14-17)27-5;/h9-10,14,18H,6-8,11-13,15-16H2,1-5H3,(H,22,23);1H. The summed E-state index contributed by atoms with van der Waals surface area (Å²) in [5.41, 5.74) is 1.23. The predicted octanol–water partition coefficient (Wildman–Crippen LogP) is 3.10. The van der Waals surface area contributed by atoms with E-state index in [1.165, 1.54) is 24.9 Å². The molecule has 1 unspecified atom stereocenters. The number of hydrogen-bond acceptors (Lipinski definition) is 4. The fraction of sp³-hybridized carbons (Fsp3) is 0.667. The number of piperidine rings is 1. The van der Waals surface area contributed by atoms with E-state index in [1.807, 2.05) is 6.07 Å². The van der Waals surface area contributed by atoms with Crippen molar-refractivity contribution in [3.63, 3.8) is 0 Å². The van der Waals surface area contributed by atoms with E-state index in [0.717, 1.165) is 50.1 Å². The lowest BCUT2D eigenvalue weighted by molar-refractivity contribution is 0.214. The first-order chi connectivity index (χ1) is 13.1. The van der Waals surface area contributed by atoms with Crippen molar-refractivity contribution in [2.24, 2.45) is 10.9 Å². The van der Waals surface area contributed by atoms with Crippen LogP contribution in [-0.4, -0.2) is 76.8 Å². The molecule has 1 N–H and O–H groups in total. The van der Waals surface area contributed by atoms with Gasteiger partial charge in [0.25, 0.3) is 0 Å². The third-order valence-corrected chi connectivity index (χ3v) is 5.10. The fourth-order valence-corrected chi connectivity index (χ4v) is 3.55. The Morgan fingerprint density at radius 3 is 2.68 bits per heavy atom. The Kier molecular flexibility index (Phi) is 11.6. The van der Waals surface area contributed by atoms with Gasteiger partial charge >= 0.3 is 0 Å². The van der Waals surface area contributed by atoms with Crippen molar-refractivity contribution in [2.45, 2.75) is 26.2 Å². The number of aliphatic imine (C=N–C) groups is 1. The highest BCUT2D eigenvalue weighted by Gasteiger charge is 2.17. The molecule has 28 heavy (non-hydrogen) atoms. The van der Waals surface area contributed by atoms with Crippen LogP contribution in [0.25, 0.3) is 0 Å². The van der Waals surface area contributed by atoms with Crippen LogP contribution in [0.3, 0.4) is 0 Å². The van der Waals surface area contributed by atoms with E-state index in [1.54, 1.807) is 14.2 Å². The maximum absolute atomic E-state index is 5.41. The third-order valence-electron chi connectivity index (χ3n) is 5.10. The number of guanidine groups is 1. The highest BCUT2D eigenvalue weighted by molar-refractivity contribution is 14.0. The van der Waals surface area contributed by atoms with E-state index in [9.17, 15) is 0 Å². The molecule has 0 spiro atoms. The Hall–Kier alpha value is -1.22. The van der Waals surface area contributed by atoms with E-state index in [0.29, 0.717) is 5.92 Å². The smallest absolute Gasteiger partial charge is 0.193 e. The van der Waals surface area contributed by atoms with Crippen LogP contribution < -0.4 is 14.8 Å². The second-order valence-corrected chi connectivity index (χ2v) is 7.33. The number of benzene rings is 1. The number of hydrogen-bond donors (Lipinski definition) is 1. The molecule has 1 aliphatic rings. The summed E-state index contributed by atoms with van der Waals surface area (Å²) in [5.74, 6) is 3.20. The molecule has 1 aromatic rings. The lowest BCUT2D eigenvalue weighted by atomic mass is 9.99. The lowest BCUT2D eigenvalue weighted by Gasteiger charge is -2.29. The van der Waals surface area contributed by atoms with Crippen molar-refractivity contribution in [1.29, 1.82) is 0 Å². The fourth-order valence-electron chi connectivity index (χ4n) is 3.55. The summed E-state index contributed by atoms with van der Waals surface area (Å²) in [5, 5.41) is 3.43. The van der Waals surface area contributed by atoms with Crippen LogP contribution >= 0.6 is 24.0 Å². The van der Waals surface area contributed by atoms with Gasteiger partial charge in [0.15, 0.2) is 17.5 Å². The number of ether oxygens (including phenoxy) is 2. The van der Waals surface area contributed by atoms with E-state index in [2.05, 4.69) is 48.3 Å². The van der Waals surface area contributed by atoms with Crippen LogP contribution in [0.5, 0.6) is 11.5 Å². The third kappa shape index (κ3) is 7.66. The highest BCUT2D eigenvalue weighted by atomic mass is 127. The summed E-state index contributed by atoms with van der Waals surface area (Å²) in [6.07, 6.45) is 3.48. The number of rotatable bonds is 8. The van der Waals surface area contributed by atoms with Crippen molar-refractivity contribution in [3.8, 4) is 11.5 Å². The van der Waals surface area contributed by atoms with Crippen LogP contribution in [0.2, 0.25) is 0 Å². The summed E-state index contributed by atoms with van der Waals surface area (Å²) in [4.78, 5) is 9.53. The average Bonchev–Trinajstić information content (AvgIpc) is 2.69. The SMILES string of the molecule is CCNC(=NCC1CCCN(C)C1)N(C)CCc1ccc(OC)c(OC)c1.I. The average molecular weight is 504 g/mol. The maximum atomic E-state index is 5.41. The summed E-state index contributed by atoms with van der Waals surface area (Å²) in [7, 11) is 7.65. The van der Waals surface area contributed by atoms with Crippen LogP contribution in [0.1, 0.15) is 25.3 Å². The van der Waals surface area contributed by atoms with Crippen molar-refractivity contribution >= 4 is 29.9 Å². The molecule has 1 aliphatic heterocycles. The van der Waals surface area contributed by atoms with Crippen LogP contribution in [0.15, 0.2) is 23.2 Å². The first-order valence-corrected chi connectivity index (χ1v) is 9.96. The first-order valence-electron chi connectivity index (χ1n) is 9.96. The molecule has 6 nitrogen and oxygen atoms in total. The van der Waals surface area contributed by atoms with Gasteiger partial charge in [-0.3, -0.25) is 4.99 Å². The van der Waals surface area contributed by atoms with Crippen LogP contribution in [-0.2, 0) is 6.42 Å². The minimum absolute atomic E-state index is 0. The monoisotopic (exact) mass is 504 g/mol. The quantitative estimate of drug-likeness (QED) is 0.335. The summed E-state index contributed by atoms with van der Waals surface area (Å²) < 4.78 is 10.7. The van der Waals surface area contributed by atoms with Crippen molar-refractivity contribution in [2.75, 3.05) is 61.0 Å². The Morgan fingerprint density at radius 2 is 2.04 bits per heavy atom. The van der Waals surface area contributed by atoms with E-state index in [4.69, 9.17) is 14.5 Å². The van der Waals surface area contributed by atoms with Gasteiger partial charge in [0.2, 0.25) is 0 Å². The molecular weight excluding hydrogens is 467 g/mol. The number of nitrogens with one attached hydrogen (secondary N) is 1. The summed E-state index contributed by atoms with van der Waals surface area (Å²) in [6, 6.07) is 6.11. The second-order valence-electron chi connectivity index (χ2n) is 7.33. The number of halogens is 1. The maximum Gasteiger partial charge on any atom is 0.193 e. The highest BCUT2D eigenvalue weighted by Crippen LogP contribution is 2.27. The van der Waals surface area contributed by atoms with Crippen LogP contribution in [0.4, 0.5) is 0 Å². The number of likely N-dealkylation sites (N-methyl/N-ethyl adjacent to an activating group) is 1. The second kappa shape index (κ2) is 13.1. The van der Waals surface area contributed by atoms with Crippen molar-refractivity contribution < 1.29 is 9.47 Å².